The molecule has 0 aliphatic rings. The lowest BCUT2D eigenvalue weighted by Gasteiger charge is -2.20. The van der Waals surface area contributed by atoms with E-state index in [0.29, 0.717) is 5.56 Å². The molecule has 0 saturated heterocycles. The molecule has 0 bridgehead atoms. The van der Waals surface area contributed by atoms with Gasteiger partial charge >= 0.3 is 0 Å². The topological polar surface area (TPSA) is 74.7 Å². The van der Waals surface area contributed by atoms with Crippen molar-refractivity contribution in [2.24, 2.45) is 10.9 Å². The molecular weight excluding hydrogens is 192 g/mol. The molecule has 0 aliphatic carbocycles. The van der Waals surface area contributed by atoms with Crippen LogP contribution in [0.25, 0.3) is 0 Å². The molecule has 0 atom stereocenters. The van der Waals surface area contributed by atoms with E-state index in [0.717, 1.165) is 18.7 Å². The van der Waals surface area contributed by atoms with Crippen LogP contribution in [0.5, 0.6) is 0 Å². The molecule has 1 aromatic heterocycles. The normalized spacial score (nSPS) is 11.5. The third-order valence-corrected chi connectivity index (χ3v) is 2.15. The van der Waals surface area contributed by atoms with Gasteiger partial charge in [-0.25, -0.2) is 0 Å². The minimum absolute atomic E-state index is 0.107. The highest BCUT2D eigenvalue weighted by atomic mass is 16.4. The number of hydrogen-bond donors (Lipinski definition) is 2. The monoisotopic (exact) mass is 208 g/mol. The summed E-state index contributed by atoms with van der Waals surface area (Å²) < 4.78 is 0. The van der Waals surface area contributed by atoms with Gasteiger partial charge in [-0.3, -0.25) is 4.98 Å². The van der Waals surface area contributed by atoms with Crippen LogP contribution in [0.15, 0.2) is 23.6 Å². The number of amidine groups is 1. The zero-order chi connectivity index (χ0) is 11.3. The van der Waals surface area contributed by atoms with Crippen molar-refractivity contribution in [3.05, 3.63) is 24.0 Å². The molecule has 0 fully saturated rings. The Bertz CT molecular complexity index is 351. The lowest BCUT2D eigenvalue weighted by molar-refractivity contribution is 0.318. The number of oxime groups is 1. The molecule has 1 heterocycles. The summed E-state index contributed by atoms with van der Waals surface area (Å²) in [6.45, 7) is 2.99. The zero-order valence-electron chi connectivity index (χ0n) is 9.01. The van der Waals surface area contributed by atoms with E-state index in [2.05, 4.69) is 17.1 Å². The number of nitrogens with two attached hydrogens (primary N) is 1. The number of pyridine rings is 1. The van der Waals surface area contributed by atoms with Crippen LogP contribution in [0.2, 0.25) is 0 Å². The first-order valence-corrected chi connectivity index (χ1v) is 4.83. The molecule has 0 aromatic carbocycles. The molecule has 5 nitrogen and oxygen atoms in total. The quantitative estimate of drug-likeness (QED) is 0.335. The van der Waals surface area contributed by atoms with Crippen LogP contribution in [-0.2, 0) is 0 Å². The highest BCUT2D eigenvalue weighted by Gasteiger charge is 2.09. The van der Waals surface area contributed by atoms with Crippen molar-refractivity contribution in [2.45, 2.75) is 13.3 Å². The summed E-state index contributed by atoms with van der Waals surface area (Å²) in [5.74, 6) is 0.107. The molecule has 1 aromatic rings. The standard InChI is InChI=1S/C10H16N4O/c1-3-6-14(2)9-7-12-5-4-8(9)10(11)13-15/h4-5,7,15H,3,6H2,1-2H3,(H2,11,13). The van der Waals surface area contributed by atoms with Crippen LogP contribution < -0.4 is 10.6 Å². The summed E-state index contributed by atoms with van der Waals surface area (Å²) in [5.41, 5.74) is 7.14. The number of aromatic nitrogens is 1. The van der Waals surface area contributed by atoms with Crippen molar-refractivity contribution >= 4 is 11.5 Å². The molecule has 0 amide bonds. The first-order chi connectivity index (χ1) is 7.20. The van der Waals surface area contributed by atoms with E-state index in [4.69, 9.17) is 10.9 Å². The van der Waals surface area contributed by atoms with Gasteiger partial charge in [0.1, 0.15) is 0 Å². The molecule has 0 radical (unpaired) electrons. The van der Waals surface area contributed by atoms with E-state index >= 15 is 0 Å². The SMILES string of the molecule is CCCN(C)c1cnccc1/C(N)=N/O. The van der Waals surface area contributed by atoms with Crippen LogP contribution in [0.3, 0.4) is 0 Å². The first-order valence-electron chi connectivity index (χ1n) is 4.83. The van der Waals surface area contributed by atoms with Gasteiger partial charge in [-0.2, -0.15) is 0 Å². The largest absolute Gasteiger partial charge is 0.409 e. The van der Waals surface area contributed by atoms with Gasteiger partial charge in [-0.15, -0.1) is 0 Å². The Morgan fingerprint density at radius 2 is 2.40 bits per heavy atom. The smallest absolute Gasteiger partial charge is 0.172 e. The molecule has 5 heteroatoms. The van der Waals surface area contributed by atoms with Crippen molar-refractivity contribution in [2.75, 3.05) is 18.5 Å². The second-order valence-electron chi connectivity index (χ2n) is 3.30. The molecule has 1 rings (SSSR count). The van der Waals surface area contributed by atoms with Crippen molar-refractivity contribution in [1.29, 1.82) is 0 Å². The van der Waals surface area contributed by atoms with Crippen molar-refractivity contribution in [3.8, 4) is 0 Å². The number of rotatable bonds is 4. The third kappa shape index (κ3) is 2.59. The van der Waals surface area contributed by atoms with Gasteiger partial charge in [-0.05, 0) is 12.5 Å². The van der Waals surface area contributed by atoms with Gasteiger partial charge in [0.2, 0.25) is 0 Å². The predicted molar refractivity (Wildman–Crippen MR) is 60.3 cm³/mol. The molecule has 0 saturated carbocycles. The van der Waals surface area contributed by atoms with Gasteiger partial charge in [0, 0.05) is 25.4 Å². The maximum atomic E-state index is 8.65. The molecule has 0 aliphatic heterocycles. The lowest BCUT2D eigenvalue weighted by atomic mass is 10.2. The summed E-state index contributed by atoms with van der Waals surface area (Å²) in [5, 5.41) is 11.7. The first kappa shape index (κ1) is 11.3. The molecule has 82 valence electrons. The average molecular weight is 208 g/mol. The van der Waals surface area contributed by atoms with Gasteiger partial charge in [0.05, 0.1) is 11.9 Å². The van der Waals surface area contributed by atoms with E-state index in [-0.39, 0.29) is 5.84 Å². The number of hydrogen-bond acceptors (Lipinski definition) is 4. The maximum Gasteiger partial charge on any atom is 0.172 e. The fourth-order valence-electron chi connectivity index (χ4n) is 1.42. The lowest BCUT2D eigenvalue weighted by Crippen LogP contribution is -2.23. The summed E-state index contributed by atoms with van der Waals surface area (Å²) in [4.78, 5) is 6.06. The van der Waals surface area contributed by atoms with Crippen LogP contribution in [0, 0.1) is 0 Å². The fourth-order valence-corrected chi connectivity index (χ4v) is 1.42. The number of nitrogens with zero attached hydrogens (tertiary/aromatic N) is 3. The Balaban J connectivity index is 3.06. The van der Waals surface area contributed by atoms with E-state index in [1.807, 2.05) is 11.9 Å². The average Bonchev–Trinajstić information content (AvgIpc) is 2.28. The van der Waals surface area contributed by atoms with Gasteiger partial charge < -0.3 is 15.8 Å². The van der Waals surface area contributed by atoms with E-state index in [1.54, 1.807) is 18.5 Å². The molecule has 0 unspecified atom stereocenters. The second kappa shape index (κ2) is 5.19. The number of anilines is 1. The van der Waals surface area contributed by atoms with Crippen LogP contribution in [0.4, 0.5) is 5.69 Å². The fraction of sp³-hybridized carbons (Fsp3) is 0.400. The Morgan fingerprint density at radius 1 is 1.67 bits per heavy atom. The van der Waals surface area contributed by atoms with Crippen molar-refractivity contribution in [3.63, 3.8) is 0 Å². The van der Waals surface area contributed by atoms with E-state index in [9.17, 15) is 0 Å². The Labute approximate surface area is 89.2 Å². The van der Waals surface area contributed by atoms with Gasteiger partial charge in [-0.1, -0.05) is 12.1 Å². The van der Waals surface area contributed by atoms with Crippen LogP contribution >= 0.6 is 0 Å². The summed E-state index contributed by atoms with van der Waals surface area (Å²) in [7, 11) is 1.95. The van der Waals surface area contributed by atoms with Crippen molar-refractivity contribution in [1.82, 2.24) is 4.98 Å². The van der Waals surface area contributed by atoms with Crippen LogP contribution in [-0.4, -0.2) is 29.6 Å². The van der Waals surface area contributed by atoms with Crippen molar-refractivity contribution < 1.29 is 5.21 Å². The summed E-state index contributed by atoms with van der Waals surface area (Å²) >= 11 is 0. The van der Waals surface area contributed by atoms with Crippen LogP contribution in [0.1, 0.15) is 18.9 Å². The summed E-state index contributed by atoms with van der Waals surface area (Å²) in [6.07, 6.45) is 4.36. The Morgan fingerprint density at radius 3 is 3.00 bits per heavy atom. The highest BCUT2D eigenvalue weighted by Crippen LogP contribution is 2.17. The third-order valence-electron chi connectivity index (χ3n) is 2.15. The molecule has 0 spiro atoms. The zero-order valence-corrected chi connectivity index (χ0v) is 9.01. The second-order valence-corrected chi connectivity index (χ2v) is 3.30. The highest BCUT2D eigenvalue weighted by molar-refractivity contribution is 6.01. The minimum Gasteiger partial charge on any atom is -0.409 e. The minimum atomic E-state index is 0.107. The maximum absolute atomic E-state index is 8.65. The molecule has 15 heavy (non-hydrogen) atoms. The predicted octanol–water partition coefficient (Wildman–Crippen LogP) is 1.02. The molecular formula is C10H16N4O. The van der Waals surface area contributed by atoms with E-state index < -0.39 is 0 Å². The van der Waals surface area contributed by atoms with Gasteiger partial charge in [0.15, 0.2) is 5.84 Å². The Kier molecular flexibility index (Phi) is 3.91. The summed E-state index contributed by atoms with van der Waals surface area (Å²) in [6, 6.07) is 1.73. The Hall–Kier alpha value is -1.78. The molecule has 3 N–H and O–H groups in total. The van der Waals surface area contributed by atoms with E-state index in [1.165, 1.54) is 0 Å². The van der Waals surface area contributed by atoms with Gasteiger partial charge in [0.25, 0.3) is 0 Å².